The molecule has 0 bridgehead atoms. The molecule has 2 aromatic rings. The van der Waals surface area contributed by atoms with Gasteiger partial charge in [0.25, 0.3) is 0 Å². The van der Waals surface area contributed by atoms with Crippen molar-refractivity contribution in [3.05, 3.63) is 79.2 Å². The van der Waals surface area contributed by atoms with Gasteiger partial charge in [0, 0.05) is 43.7 Å². The number of rotatable bonds is 2. The molecule has 0 fully saturated rings. The predicted octanol–water partition coefficient (Wildman–Crippen LogP) is 1.70. The quantitative estimate of drug-likeness (QED) is 0.408. The Labute approximate surface area is 173 Å². The van der Waals surface area contributed by atoms with Crippen LogP contribution in [0.1, 0.15) is 26.3 Å². The van der Waals surface area contributed by atoms with E-state index in [2.05, 4.69) is 5.32 Å². The number of ketones is 2. The number of hydrogen-bond acceptors (Lipinski definition) is 9. The number of nitrogens with one attached hydrogen (secondary N) is 1. The molecule has 2 aromatic carbocycles. The van der Waals surface area contributed by atoms with Gasteiger partial charge in [-0.25, -0.2) is 16.8 Å². The molecule has 1 aliphatic heterocycles. The maximum atomic E-state index is 12.7. The summed E-state index contributed by atoms with van der Waals surface area (Å²) in [5.41, 5.74) is 0.616. The van der Waals surface area contributed by atoms with Crippen molar-refractivity contribution in [1.82, 2.24) is 0 Å². The van der Waals surface area contributed by atoms with Crippen LogP contribution < -0.4 is 5.32 Å². The minimum absolute atomic E-state index is 0. The number of Topliss-reactive ketones (excluding diaryl/α,β-unsaturated/α-hetero) is 2. The topological polar surface area (TPSA) is 161 Å². The number of anilines is 1. The third-order valence-electron chi connectivity index (χ3n) is 4.57. The SMILES string of the molecule is O=C1/C(=C2\Nc3ccc(S(=O)(=O)[O-])cc3C2=O)Cc2ccc(S(=O)(=O)[O-])cc21.[CH3+].[CH3+]. The molecule has 2 aliphatic rings. The fourth-order valence-corrected chi connectivity index (χ4v) is 4.22. The number of carbonyl (C=O) groups is 2. The van der Waals surface area contributed by atoms with Crippen LogP contribution in [0.2, 0.25) is 0 Å². The summed E-state index contributed by atoms with van der Waals surface area (Å²) in [6, 6.07) is 6.63. The zero-order valence-electron chi connectivity index (χ0n) is 15.8. The molecule has 4 rings (SSSR count). The summed E-state index contributed by atoms with van der Waals surface area (Å²) in [6.07, 6.45) is 0.0299. The summed E-state index contributed by atoms with van der Waals surface area (Å²) in [5, 5.41) is 2.75. The Balaban J connectivity index is 0.00000160. The van der Waals surface area contributed by atoms with E-state index in [9.17, 15) is 35.5 Å². The zero-order chi connectivity index (χ0) is 20.4. The van der Waals surface area contributed by atoms with Crippen LogP contribution in [-0.2, 0) is 26.7 Å². The summed E-state index contributed by atoms with van der Waals surface area (Å²) in [7, 11) is -9.50. The average molecular weight is 449 g/mol. The lowest BCUT2D eigenvalue weighted by atomic mass is 10.1. The highest BCUT2D eigenvalue weighted by Crippen LogP contribution is 2.36. The van der Waals surface area contributed by atoms with Crippen LogP contribution in [-0.4, -0.2) is 37.5 Å². The molecule has 0 saturated carbocycles. The van der Waals surface area contributed by atoms with E-state index < -0.39 is 41.6 Å². The van der Waals surface area contributed by atoms with Gasteiger partial charge < -0.3 is 14.4 Å². The molecule has 30 heavy (non-hydrogen) atoms. The Bertz CT molecular complexity index is 1240. The molecule has 0 saturated heterocycles. The zero-order valence-corrected chi connectivity index (χ0v) is 17.4. The van der Waals surface area contributed by atoms with Crippen molar-refractivity contribution in [2.45, 2.75) is 16.2 Å². The lowest BCUT2D eigenvalue weighted by Crippen LogP contribution is -2.10. The van der Waals surface area contributed by atoms with Crippen LogP contribution in [0.15, 0.2) is 57.5 Å². The van der Waals surface area contributed by atoms with Gasteiger partial charge in [0.2, 0.25) is 5.78 Å². The van der Waals surface area contributed by atoms with E-state index in [0.717, 1.165) is 24.3 Å². The van der Waals surface area contributed by atoms with Crippen molar-refractivity contribution in [1.29, 1.82) is 0 Å². The van der Waals surface area contributed by atoms with E-state index in [1.807, 2.05) is 0 Å². The first kappa shape index (κ1) is 23.2. The van der Waals surface area contributed by atoms with Gasteiger partial charge in [0.1, 0.15) is 20.2 Å². The second-order valence-electron chi connectivity index (χ2n) is 6.25. The van der Waals surface area contributed by atoms with Gasteiger partial charge in [-0.1, -0.05) is 6.07 Å². The summed E-state index contributed by atoms with van der Waals surface area (Å²) in [4.78, 5) is 24.2. The minimum atomic E-state index is -4.76. The molecule has 1 aliphatic carbocycles. The Morgan fingerprint density at radius 2 is 1.30 bits per heavy atom. The highest BCUT2D eigenvalue weighted by molar-refractivity contribution is 7.86. The fraction of sp³-hybridized carbons (Fsp3) is 0.0526. The molecular formula is C19H15NO8S2. The Hall–Kier alpha value is -3.12. The smallest absolute Gasteiger partial charge is 0.211 e. The lowest BCUT2D eigenvalue weighted by Gasteiger charge is -2.07. The average Bonchev–Trinajstić information content (AvgIpc) is 3.10. The molecule has 0 amide bonds. The van der Waals surface area contributed by atoms with Gasteiger partial charge in [-0.2, -0.15) is 0 Å². The van der Waals surface area contributed by atoms with Crippen molar-refractivity contribution in [3.8, 4) is 0 Å². The van der Waals surface area contributed by atoms with Gasteiger partial charge in [0.15, 0.2) is 5.78 Å². The number of fused-ring (bicyclic) bond motifs is 2. The Kier molecular flexibility index (Phi) is 5.63. The van der Waals surface area contributed by atoms with Crippen molar-refractivity contribution in [2.24, 2.45) is 0 Å². The number of hydrogen-bond donors (Lipinski definition) is 1. The fourth-order valence-electron chi connectivity index (χ4n) is 3.23. The number of carbonyl (C=O) groups excluding carboxylic acids is 2. The summed E-state index contributed by atoms with van der Waals surface area (Å²) >= 11 is 0. The van der Waals surface area contributed by atoms with E-state index in [1.165, 1.54) is 12.1 Å². The molecule has 1 heterocycles. The summed E-state index contributed by atoms with van der Waals surface area (Å²) in [5.74, 6) is -1.27. The normalized spacial score (nSPS) is 17.5. The first-order chi connectivity index (χ1) is 13.0. The predicted molar refractivity (Wildman–Crippen MR) is 105 cm³/mol. The van der Waals surface area contributed by atoms with Crippen LogP contribution in [0.5, 0.6) is 0 Å². The van der Waals surface area contributed by atoms with Crippen molar-refractivity contribution >= 4 is 37.5 Å². The molecule has 11 heteroatoms. The molecule has 0 atom stereocenters. The maximum Gasteiger partial charge on any atom is 0.211 e. The lowest BCUT2D eigenvalue weighted by molar-refractivity contribution is 0.101. The molecule has 1 N–H and O–H groups in total. The van der Waals surface area contributed by atoms with Crippen LogP contribution in [0.25, 0.3) is 0 Å². The molecule has 0 aromatic heterocycles. The highest BCUT2D eigenvalue weighted by atomic mass is 32.2. The van der Waals surface area contributed by atoms with Gasteiger partial charge >= 0.3 is 0 Å². The highest BCUT2D eigenvalue weighted by Gasteiger charge is 2.35. The van der Waals surface area contributed by atoms with Crippen LogP contribution in [0.4, 0.5) is 5.69 Å². The second kappa shape index (κ2) is 7.29. The van der Waals surface area contributed by atoms with Crippen LogP contribution >= 0.6 is 0 Å². The number of allylic oxidation sites excluding steroid dienone is 2. The van der Waals surface area contributed by atoms with E-state index in [4.69, 9.17) is 0 Å². The molecule has 0 spiro atoms. The number of benzene rings is 2. The first-order valence-electron chi connectivity index (χ1n) is 7.75. The largest absolute Gasteiger partial charge is 0.744 e. The molecule has 156 valence electrons. The molecule has 0 unspecified atom stereocenters. The standard InChI is InChI=1S/C17H11NO8S2.2CH3/c19-16-11-6-9(27(21,22)23)2-1-8(11)5-13(16)15-17(20)12-7-10(28(24,25)26)3-4-14(12)18-15;;/h1-4,6-7,18H,5H2,(H,21,22,23)(H,24,25,26);2*1H3/q;2*+1/p-2/b15-13-;;. The van der Waals surface area contributed by atoms with Gasteiger partial charge in [0.05, 0.1) is 15.5 Å². The summed E-state index contributed by atoms with van der Waals surface area (Å²) < 4.78 is 67.0. The van der Waals surface area contributed by atoms with E-state index in [1.54, 1.807) is 0 Å². The second-order valence-corrected chi connectivity index (χ2v) is 9.01. The maximum absolute atomic E-state index is 12.7. The Morgan fingerprint density at radius 3 is 1.87 bits per heavy atom. The van der Waals surface area contributed by atoms with Crippen molar-refractivity contribution in [3.63, 3.8) is 0 Å². The first-order valence-corrected chi connectivity index (χ1v) is 10.6. The molecular weight excluding hydrogens is 434 g/mol. The molecule has 9 nitrogen and oxygen atoms in total. The van der Waals surface area contributed by atoms with Gasteiger partial charge in [-0.05, 0) is 35.9 Å². The van der Waals surface area contributed by atoms with Crippen molar-refractivity contribution < 1.29 is 35.5 Å². The van der Waals surface area contributed by atoms with Crippen molar-refractivity contribution in [2.75, 3.05) is 5.32 Å². The van der Waals surface area contributed by atoms with Crippen LogP contribution in [0, 0.1) is 14.9 Å². The van der Waals surface area contributed by atoms with E-state index in [0.29, 0.717) is 5.56 Å². The van der Waals surface area contributed by atoms with Gasteiger partial charge in [-0.15, -0.1) is 0 Å². The van der Waals surface area contributed by atoms with E-state index in [-0.39, 0.29) is 49.4 Å². The monoisotopic (exact) mass is 449 g/mol. The Morgan fingerprint density at radius 1 is 0.767 bits per heavy atom. The van der Waals surface area contributed by atoms with Gasteiger partial charge in [-0.3, -0.25) is 9.59 Å². The third kappa shape index (κ3) is 3.59. The molecule has 0 radical (unpaired) electrons. The third-order valence-corrected chi connectivity index (χ3v) is 6.23. The van der Waals surface area contributed by atoms with E-state index >= 15 is 0 Å². The van der Waals surface area contributed by atoms with Crippen LogP contribution in [0.3, 0.4) is 0 Å². The summed E-state index contributed by atoms with van der Waals surface area (Å²) in [6.45, 7) is 0. The minimum Gasteiger partial charge on any atom is -0.744 e.